The summed E-state index contributed by atoms with van der Waals surface area (Å²) in [6, 6.07) is 9.85. The van der Waals surface area contributed by atoms with Crippen LogP contribution in [0.1, 0.15) is 32.1 Å². The molecule has 98 valence electrons. The lowest BCUT2D eigenvalue weighted by molar-refractivity contribution is 0.109. The number of piperidine rings is 1. The molecule has 0 aromatic heterocycles. The fraction of sp³-hybridized carbons (Fsp3) is 0.600. The van der Waals surface area contributed by atoms with Crippen molar-refractivity contribution in [3.05, 3.63) is 27.8 Å². The number of hydrogen-bond donors (Lipinski definition) is 0. The molecular formula is C15H20INS. The van der Waals surface area contributed by atoms with Gasteiger partial charge in [0, 0.05) is 19.8 Å². The van der Waals surface area contributed by atoms with Crippen molar-refractivity contribution >= 4 is 34.4 Å². The van der Waals surface area contributed by atoms with Gasteiger partial charge in [0.1, 0.15) is 0 Å². The largest absolute Gasteiger partial charge is 0.300 e. The first kappa shape index (κ1) is 13.3. The van der Waals surface area contributed by atoms with Crippen molar-refractivity contribution in [2.24, 2.45) is 0 Å². The number of hydrogen-bond acceptors (Lipinski definition) is 2. The number of halogens is 1. The summed E-state index contributed by atoms with van der Waals surface area (Å²) in [6.07, 6.45) is 7.09. The van der Waals surface area contributed by atoms with Gasteiger partial charge in [-0.1, -0.05) is 6.42 Å². The molecule has 0 unspecified atom stereocenters. The molecule has 1 aliphatic heterocycles. The van der Waals surface area contributed by atoms with Gasteiger partial charge in [0.25, 0.3) is 0 Å². The zero-order chi connectivity index (χ0) is 12.4. The predicted molar refractivity (Wildman–Crippen MR) is 87.3 cm³/mol. The summed E-state index contributed by atoms with van der Waals surface area (Å²) < 4.78 is 1.33. The molecule has 1 nitrogen and oxygen atoms in total. The molecule has 2 aliphatic rings. The Morgan fingerprint density at radius 2 is 1.67 bits per heavy atom. The summed E-state index contributed by atoms with van der Waals surface area (Å²) in [7, 11) is 0. The van der Waals surface area contributed by atoms with Gasteiger partial charge >= 0.3 is 0 Å². The maximum Gasteiger partial charge on any atom is 0.0131 e. The number of benzene rings is 1. The average Bonchev–Trinajstić information content (AvgIpc) is 2.36. The van der Waals surface area contributed by atoms with Crippen molar-refractivity contribution in [2.45, 2.75) is 48.3 Å². The van der Waals surface area contributed by atoms with Crippen LogP contribution in [-0.4, -0.2) is 29.3 Å². The van der Waals surface area contributed by atoms with Gasteiger partial charge in [0.15, 0.2) is 0 Å². The lowest BCUT2D eigenvalue weighted by Crippen LogP contribution is -2.48. The molecule has 3 rings (SSSR count). The van der Waals surface area contributed by atoms with Crippen LogP contribution in [0.4, 0.5) is 0 Å². The van der Waals surface area contributed by atoms with E-state index in [2.05, 4.69) is 63.5 Å². The summed E-state index contributed by atoms with van der Waals surface area (Å²) >= 11 is 4.45. The van der Waals surface area contributed by atoms with Crippen LogP contribution in [0.3, 0.4) is 0 Å². The second-order valence-corrected chi connectivity index (χ2v) is 8.04. The zero-order valence-electron chi connectivity index (χ0n) is 10.6. The summed E-state index contributed by atoms with van der Waals surface area (Å²) in [4.78, 5) is 4.17. The molecule has 0 amide bonds. The molecular weight excluding hydrogens is 353 g/mol. The quantitative estimate of drug-likeness (QED) is 0.723. The topological polar surface area (TPSA) is 3.24 Å². The van der Waals surface area contributed by atoms with E-state index in [9.17, 15) is 0 Å². The molecule has 3 heteroatoms. The highest BCUT2D eigenvalue weighted by Gasteiger charge is 2.34. The summed E-state index contributed by atoms with van der Waals surface area (Å²) in [6.45, 7) is 2.71. The van der Waals surface area contributed by atoms with E-state index < -0.39 is 0 Å². The molecule has 0 N–H and O–H groups in total. The molecule has 1 aromatic carbocycles. The number of likely N-dealkylation sites (tertiary alicyclic amines) is 1. The summed E-state index contributed by atoms with van der Waals surface area (Å²) in [5, 5.41) is 0.858. The fourth-order valence-corrected chi connectivity index (χ4v) is 4.60. The minimum Gasteiger partial charge on any atom is -0.300 e. The Morgan fingerprint density at radius 1 is 1.00 bits per heavy atom. The standard InChI is InChI=1S/C15H20INS/c16-12-4-6-14(7-5-12)18-15-10-13(11-15)17-8-2-1-3-9-17/h4-7,13,15H,1-3,8-11H2. The van der Waals surface area contributed by atoms with Gasteiger partial charge in [-0.25, -0.2) is 0 Å². The van der Waals surface area contributed by atoms with Gasteiger partial charge in [0.05, 0.1) is 0 Å². The molecule has 0 radical (unpaired) electrons. The highest BCUT2D eigenvalue weighted by Crippen LogP contribution is 2.39. The Labute approximate surface area is 128 Å². The van der Waals surface area contributed by atoms with E-state index in [4.69, 9.17) is 0 Å². The third kappa shape index (κ3) is 3.23. The maximum absolute atomic E-state index is 2.73. The Kier molecular flexibility index (Phi) is 4.52. The second kappa shape index (κ2) is 6.14. The molecule has 0 atom stereocenters. The molecule has 1 aliphatic carbocycles. The van der Waals surface area contributed by atoms with E-state index in [0.29, 0.717) is 0 Å². The third-order valence-electron chi connectivity index (χ3n) is 4.09. The summed E-state index contributed by atoms with van der Waals surface area (Å²) in [5.41, 5.74) is 0. The Hall–Kier alpha value is 0.260. The zero-order valence-corrected chi connectivity index (χ0v) is 13.6. The molecule has 1 saturated heterocycles. The van der Waals surface area contributed by atoms with E-state index >= 15 is 0 Å². The minimum atomic E-state index is 0.858. The van der Waals surface area contributed by atoms with E-state index in [-0.39, 0.29) is 0 Å². The predicted octanol–water partition coefficient (Wildman–Crippen LogP) is 4.40. The number of rotatable bonds is 3. The van der Waals surface area contributed by atoms with Crippen LogP contribution in [-0.2, 0) is 0 Å². The Morgan fingerprint density at radius 3 is 2.33 bits per heavy atom. The van der Waals surface area contributed by atoms with Gasteiger partial charge in [-0.3, -0.25) is 0 Å². The smallest absolute Gasteiger partial charge is 0.0131 e. The molecule has 18 heavy (non-hydrogen) atoms. The van der Waals surface area contributed by atoms with Crippen molar-refractivity contribution in [2.75, 3.05) is 13.1 Å². The van der Waals surface area contributed by atoms with Crippen LogP contribution in [0.5, 0.6) is 0 Å². The van der Waals surface area contributed by atoms with Crippen molar-refractivity contribution < 1.29 is 0 Å². The van der Waals surface area contributed by atoms with Crippen LogP contribution < -0.4 is 0 Å². The molecule has 1 saturated carbocycles. The first-order chi connectivity index (χ1) is 8.81. The van der Waals surface area contributed by atoms with Crippen LogP contribution in [0.25, 0.3) is 0 Å². The van der Waals surface area contributed by atoms with Gasteiger partial charge in [-0.15, -0.1) is 11.8 Å². The van der Waals surface area contributed by atoms with Crippen LogP contribution in [0.15, 0.2) is 29.2 Å². The molecule has 2 fully saturated rings. The number of nitrogens with zero attached hydrogens (tertiary/aromatic N) is 1. The Balaban J connectivity index is 1.46. The van der Waals surface area contributed by atoms with Crippen LogP contribution in [0.2, 0.25) is 0 Å². The highest BCUT2D eigenvalue weighted by molar-refractivity contribution is 14.1. The van der Waals surface area contributed by atoms with E-state index in [1.54, 1.807) is 0 Å². The average molecular weight is 373 g/mol. The second-order valence-electron chi connectivity index (χ2n) is 5.42. The maximum atomic E-state index is 2.73. The van der Waals surface area contributed by atoms with Crippen molar-refractivity contribution in [1.29, 1.82) is 0 Å². The van der Waals surface area contributed by atoms with Crippen LogP contribution in [0, 0.1) is 3.57 Å². The summed E-state index contributed by atoms with van der Waals surface area (Å²) in [5.74, 6) is 0. The SMILES string of the molecule is Ic1ccc(SC2CC(N3CCCCC3)C2)cc1. The minimum absolute atomic E-state index is 0.858. The van der Waals surface area contributed by atoms with Crippen molar-refractivity contribution in [3.8, 4) is 0 Å². The van der Waals surface area contributed by atoms with Gasteiger partial charge < -0.3 is 4.90 Å². The molecule has 0 spiro atoms. The van der Waals surface area contributed by atoms with E-state index in [1.165, 1.54) is 53.7 Å². The van der Waals surface area contributed by atoms with E-state index in [0.717, 1.165) is 11.3 Å². The first-order valence-electron chi connectivity index (χ1n) is 6.97. The number of thioether (sulfide) groups is 1. The normalized spacial score (nSPS) is 28.9. The lowest BCUT2D eigenvalue weighted by atomic mass is 9.89. The fourth-order valence-electron chi connectivity index (χ4n) is 2.92. The first-order valence-corrected chi connectivity index (χ1v) is 8.93. The highest BCUT2D eigenvalue weighted by atomic mass is 127. The molecule has 0 bridgehead atoms. The van der Waals surface area contributed by atoms with Gasteiger partial charge in [-0.2, -0.15) is 0 Å². The van der Waals surface area contributed by atoms with Crippen LogP contribution >= 0.6 is 34.4 Å². The van der Waals surface area contributed by atoms with E-state index in [1.807, 2.05) is 0 Å². The van der Waals surface area contributed by atoms with Crippen molar-refractivity contribution in [3.63, 3.8) is 0 Å². The lowest BCUT2D eigenvalue weighted by Gasteiger charge is -2.44. The van der Waals surface area contributed by atoms with Gasteiger partial charge in [0.2, 0.25) is 0 Å². The molecule has 1 heterocycles. The van der Waals surface area contributed by atoms with Crippen molar-refractivity contribution in [1.82, 2.24) is 4.90 Å². The third-order valence-corrected chi connectivity index (χ3v) is 6.08. The Bertz CT molecular complexity index is 380. The monoisotopic (exact) mass is 373 g/mol. The molecule has 1 aromatic rings. The van der Waals surface area contributed by atoms with Gasteiger partial charge in [-0.05, 0) is 85.6 Å².